The molecule has 1 aliphatic carbocycles. The molecule has 4 rings (SSSR count). The SMILES string of the molecule is COc1cc2c(cc1-c1ccc(C(=O)NC3CC3)cc1)OCO2. The summed E-state index contributed by atoms with van der Waals surface area (Å²) in [7, 11) is 1.62. The Hall–Kier alpha value is -2.69. The first-order valence-corrected chi connectivity index (χ1v) is 7.63. The van der Waals surface area contributed by atoms with Crippen molar-refractivity contribution in [3.63, 3.8) is 0 Å². The number of amides is 1. The average molecular weight is 311 g/mol. The van der Waals surface area contributed by atoms with Gasteiger partial charge in [-0.2, -0.15) is 0 Å². The second kappa shape index (κ2) is 5.50. The summed E-state index contributed by atoms with van der Waals surface area (Å²) in [5, 5.41) is 2.99. The number of hydrogen-bond acceptors (Lipinski definition) is 4. The Kier molecular flexibility index (Phi) is 3.33. The number of fused-ring (bicyclic) bond motifs is 1. The van der Waals surface area contributed by atoms with Crippen molar-refractivity contribution in [3.8, 4) is 28.4 Å². The minimum atomic E-state index is -0.0169. The van der Waals surface area contributed by atoms with Gasteiger partial charge in [-0.15, -0.1) is 0 Å². The van der Waals surface area contributed by atoms with E-state index in [2.05, 4.69) is 5.32 Å². The molecule has 0 atom stereocenters. The van der Waals surface area contributed by atoms with Gasteiger partial charge in [0.2, 0.25) is 6.79 Å². The number of hydrogen-bond donors (Lipinski definition) is 1. The van der Waals surface area contributed by atoms with Crippen molar-refractivity contribution >= 4 is 5.91 Å². The molecule has 2 aromatic carbocycles. The number of nitrogens with one attached hydrogen (secondary N) is 1. The van der Waals surface area contributed by atoms with E-state index in [1.807, 2.05) is 36.4 Å². The standard InChI is InChI=1S/C18H17NO4/c1-21-15-9-17-16(22-10-23-17)8-14(15)11-2-4-12(5-3-11)18(20)19-13-6-7-13/h2-5,8-9,13H,6-7,10H2,1H3,(H,19,20). The van der Waals surface area contributed by atoms with Gasteiger partial charge < -0.3 is 19.5 Å². The van der Waals surface area contributed by atoms with Crippen molar-refractivity contribution in [3.05, 3.63) is 42.0 Å². The van der Waals surface area contributed by atoms with E-state index in [-0.39, 0.29) is 12.7 Å². The van der Waals surface area contributed by atoms with Gasteiger partial charge in [-0.05, 0) is 36.6 Å². The summed E-state index contributed by atoms with van der Waals surface area (Å²) in [5.41, 5.74) is 2.54. The lowest BCUT2D eigenvalue weighted by molar-refractivity contribution is 0.0951. The number of rotatable bonds is 4. The molecule has 5 nitrogen and oxygen atoms in total. The molecular formula is C18H17NO4. The lowest BCUT2D eigenvalue weighted by Crippen LogP contribution is -2.25. The van der Waals surface area contributed by atoms with E-state index < -0.39 is 0 Å². The summed E-state index contributed by atoms with van der Waals surface area (Å²) in [6, 6.07) is 11.6. The largest absolute Gasteiger partial charge is 0.496 e. The van der Waals surface area contributed by atoms with Crippen molar-refractivity contribution in [2.75, 3.05) is 13.9 Å². The molecule has 1 amide bonds. The normalized spacial score (nSPS) is 15.3. The highest BCUT2D eigenvalue weighted by Crippen LogP contribution is 2.42. The highest BCUT2D eigenvalue weighted by Gasteiger charge is 2.24. The van der Waals surface area contributed by atoms with Crippen LogP contribution >= 0.6 is 0 Å². The van der Waals surface area contributed by atoms with E-state index in [1.54, 1.807) is 7.11 Å². The highest BCUT2D eigenvalue weighted by atomic mass is 16.7. The molecule has 2 aromatic rings. The quantitative estimate of drug-likeness (QED) is 0.943. The molecular weight excluding hydrogens is 294 g/mol. The van der Waals surface area contributed by atoms with Crippen LogP contribution in [0.5, 0.6) is 17.2 Å². The number of methoxy groups -OCH3 is 1. The molecule has 1 heterocycles. The Labute approximate surface area is 134 Å². The molecule has 2 aliphatic rings. The van der Waals surface area contributed by atoms with Crippen molar-refractivity contribution < 1.29 is 19.0 Å². The van der Waals surface area contributed by atoms with Crippen LogP contribution in [0.3, 0.4) is 0 Å². The van der Waals surface area contributed by atoms with E-state index in [1.165, 1.54) is 0 Å². The van der Waals surface area contributed by atoms with Gasteiger partial charge in [0.25, 0.3) is 5.91 Å². The topological polar surface area (TPSA) is 56.8 Å². The molecule has 0 aromatic heterocycles. The van der Waals surface area contributed by atoms with Crippen molar-refractivity contribution in [1.82, 2.24) is 5.32 Å². The summed E-state index contributed by atoms with van der Waals surface area (Å²) >= 11 is 0. The van der Waals surface area contributed by atoms with E-state index in [4.69, 9.17) is 14.2 Å². The fraction of sp³-hybridized carbons (Fsp3) is 0.278. The number of benzene rings is 2. The lowest BCUT2D eigenvalue weighted by atomic mass is 10.0. The van der Waals surface area contributed by atoms with Crippen LogP contribution in [-0.2, 0) is 0 Å². The maximum atomic E-state index is 12.0. The highest BCUT2D eigenvalue weighted by molar-refractivity contribution is 5.95. The first-order chi connectivity index (χ1) is 11.2. The summed E-state index contributed by atoms with van der Waals surface area (Å²) < 4.78 is 16.2. The average Bonchev–Trinajstić information content (AvgIpc) is 3.28. The maximum absolute atomic E-state index is 12.0. The van der Waals surface area contributed by atoms with Gasteiger partial charge in [-0.25, -0.2) is 0 Å². The van der Waals surface area contributed by atoms with Gasteiger partial charge in [0.05, 0.1) is 7.11 Å². The van der Waals surface area contributed by atoms with Crippen molar-refractivity contribution in [1.29, 1.82) is 0 Å². The molecule has 0 saturated heterocycles. The molecule has 1 aliphatic heterocycles. The van der Waals surface area contributed by atoms with E-state index in [0.717, 1.165) is 24.0 Å². The molecule has 5 heteroatoms. The second-order valence-electron chi connectivity index (χ2n) is 5.73. The Balaban J connectivity index is 1.63. The Morgan fingerprint density at radius 1 is 1.13 bits per heavy atom. The number of ether oxygens (including phenoxy) is 3. The van der Waals surface area contributed by atoms with Crippen LogP contribution in [0.4, 0.5) is 0 Å². The first kappa shape index (κ1) is 13.9. The minimum Gasteiger partial charge on any atom is -0.496 e. The van der Waals surface area contributed by atoms with E-state index in [9.17, 15) is 4.79 Å². The van der Waals surface area contributed by atoms with E-state index in [0.29, 0.717) is 28.9 Å². The first-order valence-electron chi connectivity index (χ1n) is 7.63. The van der Waals surface area contributed by atoms with Gasteiger partial charge >= 0.3 is 0 Å². The van der Waals surface area contributed by atoms with Crippen LogP contribution in [0, 0.1) is 0 Å². The van der Waals surface area contributed by atoms with E-state index >= 15 is 0 Å². The van der Waals surface area contributed by atoms with Crippen LogP contribution in [0.2, 0.25) is 0 Å². The zero-order valence-electron chi connectivity index (χ0n) is 12.8. The number of carbonyl (C=O) groups excluding carboxylic acids is 1. The van der Waals surface area contributed by atoms with Gasteiger partial charge in [0.15, 0.2) is 11.5 Å². The van der Waals surface area contributed by atoms with Gasteiger partial charge in [-0.1, -0.05) is 12.1 Å². The summed E-state index contributed by atoms with van der Waals surface area (Å²) in [6.07, 6.45) is 2.16. The Morgan fingerprint density at radius 3 is 2.48 bits per heavy atom. The lowest BCUT2D eigenvalue weighted by Gasteiger charge is -2.11. The predicted molar refractivity (Wildman–Crippen MR) is 85.0 cm³/mol. The summed E-state index contributed by atoms with van der Waals surface area (Å²) in [4.78, 5) is 12.0. The molecule has 1 saturated carbocycles. The molecule has 0 spiro atoms. The third kappa shape index (κ3) is 2.70. The van der Waals surface area contributed by atoms with Crippen LogP contribution < -0.4 is 19.5 Å². The fourth-order valence-electron chi connectivity index (χ4n) is 2.62. The Morgan fingerprint density at radius 2 is 1.83 bits per heavy atom. The molecule has 23 heavy (non-hydrogen) atoms. The molecule has 1 N–H and O–H groups in total. The maximum Gasteiger partial charge on any atom is 0.251 e. The number of carbonyl (C=O) groups is 1. The molecule has 0 unspecified atom stereocenters. The molecule has 0 bridgehead atoms. The van der Waals surface area contributed by atoms with Crippen LogP contribution in [0.25, 0.3) is 11.1 Å². The molecule has 1 fully saturated rings. The second-order valence-corrected chi connectivity index (χ2v) is 5.73. The monoisotopic (exact) mass is 311 g/mol. The van der Waals surface area contributed by atoms with Gasteiger partial charge in [0.1, 0.15) is 5.75 Å². The molecule has 0 radical (unpaired) electrons. The zero-order chi connectivity index (χ0) is 15.8. The smallest absolute Gasteiger partial charge is 0.251 e. The third-order valence-corrected chi connectivity index (χ3v) is 4.07. The summed E-state index contributed by atoms with van der Waals surface area (Å²) in [6.45, 7) is 0.224. The van der Waals surface area contributed by atoms with Crippen molar-refractivity contribution in [2.45, 2.75) is 18.9 Å². The van der Waals surface area contributed by atoms with Crippen LogP contribution in [-0.4, -0.2) is 25.9 Å². The van der Waals surface area contributed by atoms with Crippen molar-refractivity contribution in [2.24, 2.45) is 0 Å². The minimum absolute atomic E-state index is 0.0169. The fourth-order valence-corrected chi connectivity index (χ4v) is 2.62. The third-order valence-electron chi connectivity index (χ3n) is 4.07. The molecule has 118 valence electrons. The van der Waals surface area contributed by atoms with Crippen LogP contribution in [0.1, 0.15) is 23.2 Å². The predicted octanol–water partition coefficient (Wildman–Crippen LogP) is 2.98. The van der Waals surface area contributed by atoms with Crippen LogP contribution in [0.15, 0.2) is 36.4 Å². The van der Waals surface area contributed by atoms with Gasteiger partial charge in [-0.3, -0.25) is 4.79 Å². The Bertz CT molecular complexity index is 750. The zero-order valence-corrected chi connectivity index (χ0v) is 12.8. The van der Waals surface area contributed by atoms with Gasteiger partial charge in [0, 0.05) is 23.2 Å². The summed E-state index contributed by atoms with van der Waals surface area (Å²) in [5.74, 6) is 2.09.